The number of hydrogen-bond acceptors (Lipinski definition) is 5. The van der Waals surface area contributed by atoms with Crippen LogP contribution in [0.25, 0.3) is 0 Å². The van der Waals surface area contributed by atoms with Crippen LogP contribution < -0.4 is 4.74 Å². The first-order valence-corrected chi connectivity index (χ1v) is 8.70. The lowest BCUT2D eigenvalue weighted by Crippen LogP contribution is -2.40. The number of carbonyl (C=O) groups excluding carboxylic acids is 1. The second-order valence-corrected chi connectivity index (χ2v) is 7.20. The largest absolute Gasteiger partial charge is 0.491 e. The zero-order chi connectivity index (χ0) is 17.4. The second-order valence-electron chi connectivity index (χ2n) is 7.20. The molecule has 1 saturated heterocycles. The quantitative estimate of drug-likeness (QED) is 0.903. The van der Waals surface area contributed by atoms with Crippen LogP contribution in [0, 0.1) is 6.92 Å². The number of likely N-dealkylation sites (tertiary alicyclic amines) is 1. The maximum Gasteiger partial charge on any atom is 0.276 e. The summed E-state index contributed by atoms with van der Waals surface area (Å²) in [5, 5.41) is 14.6. The van der Waals surface area contributed by atoms with Crippen molar-refractivity contribution in [3.8, 4) is 5.75 Å². The Bertz CT molecular complexity index is 783. The molecule has 2 aromatic rings. The van der Waals surface area contributed by atoms with E-state index in [1.54, 1.807) is 11.0 Å². The van der Waals surface area contributed by atoms with Gasteiger partial charge in [0.15, 0.2) is 5.69 Å². The number of ether oxygens (including phenoxy) is 1. The van der Waals surface area contributed by atoms with Crippen LogP contribution in [-0.4, -0.2) is 46.4 Å². The van der Waals surface area contributed by atoms with Crippen LogP contribution in [0.5, 0.6) is 5.75 Å². The smallest absolute Gasteiger partial charge is 0.276 e. The number of hydrogen-bond donors (Lipinski definition) is 1. The van der Waals surface area contributed by atoms with Crippen molar-refractivity contribution in [2.45, 2.75) is 37.7 Å². The van der Waals surface area contributed by atoms with Crippen LogP contribution in [0.1, 0.15) is 47.0 Å². The van der Waals surface area contributed by atoms with Gasteiger partial charge < -0.3 is 19.3 Å². The highest BCUT2D eigenvalue weighted by Crippen LogP contribution is 2.40. The van der Waals surface area contributed by atoms with E-state index >= 15 is 0 Å². The van der Waals surface area contributed by atoms with Crippen LogP contribution in [0.2, 0.25) is 0 Å². The van der Waals surface area contributed by atoms with Crippen molar-refractivity contribution >= 4 is 5.91 Å². The molecule has 0 bridgehead atoms. The number of carbonyl (C=O) groups is 1. The van der Waals surface area contributed by atoms with Gasteiger partial charge in [-0.1, -0.05) is 17.3 Å². The molecule has 1 aromatic carbocycles. The summed E-state index contributed by atoms with van der Waals surface area (Å²) < 4.78 is 11.0. The number of aliphatic hydroxyl groups is 1. The number of nitrogens with zero attached hydrogens (tertiary/aromatic N) is 2. The van der Waals surface area contributed by atoms with Gasteiger partial charge in [0.05, 0.1) is 6.54 Å². The van der Waals surface area contributed by atoms with E-state index in [4.69, 9.17) is 9.26 Å². The van der Waals surface area contributed by atoms with E-state index in [0.29, 0.717) is 24.6 Å². The molecule has 0 spiro atoms. The topological polar surface area (TPSA) is 75.8 Å². The predicted molar refractivity (Wildman–Crippen MR) is 90.6 cm³/mol. The normalized spacial score (nSPS) is 23.0. The highest BCUT2D eigenvalue weighted by Gasteiger charge is 2.40. The Balaban J connectivity index is 1.36. The molecule has 1 N–H and O–H groups in total. The molecule has 1 unspecified atom stereocenters. The molecule has 0 radical (unpaired) electrons. The lowest BCUT2D eigenvalue weighted by Gasteiger charge is -2.23. The van der Waals surface area contributed by atoms with Crippen molar-refractivity contribution < 1.29 is 19.2 Å². The molecule has 2 aliphatic rings. The van der Waals surface area contributed by atoms with E-state index in [9.17, 15) is 9.90 Å². The Kier molecular flexibility index (Phi) is 4.00. The molecule has 132 valence electrons. The summed E-state index contributed by atoms with van der Waals surface area (Å²) in [6.45, 7) is 2.87. The summed E-state index contributed by atoms with van der Waals surface area (Å²) in [5.74, 6) is 1.75. The maximum atomic E-state index is 12.6. The first kappa shape index (κ1) is 16.1. The SMILES string of the molecule is Cc1cccc(OCC2(O)CCN(C(=O)c3cc(C4CC4)on3)C2)c1. The molecular weight excluding hydrogens is 320 g/mol. The van der Waals surface area contributed by atoms with Gasteiger partial charge in [-0.25, -0.2) is 0 Å². The van der Waals surface area contributed by atoms with Gasteiger partial charge in [-0.3, -0.25) is 4.79 Å². The van der Waals surface area contributed by atoms with E-state index in [1.807, 2.05) is 31.2 Å². The average Bonchev–Trinajstić information content (AvgIpc) is 3.19. The molecule has 1 atom stereocenters. The van der Waals surface area contributed by atoms with Crippen molar-refractivity contribution in [3.05, 3.63) is 47.3 Å². The molecular formula is C19H22N2O4. The minimum absolute atomic E-state index is 0.159. The number of aryl methyl sites for hydroxylation is 1. The van der Waals surface area contributed by atoms with E-state index in [0.717, 1.165) is 29.9 Å². The van der Waals surface area contributed by atoms with Crippen molar-refractivity contribution in [1.29, 1.82) is 0 Å². The zero-order valence-electron chi connectivity index (χ0n) is 14.3. The third-order valence-electron chi connectivity index (χ3n) is 4.84. The average molecular weight is 342 g/mol. The third-order valence-corrected chi connectivity index (χ3v) is 4.84. The van der Waals surface area contributed by atoms with E-state index in [-0.39, 0.29) is 19.1 Å². The van der Waals surface area contributed by atoms with Gasteiger partial charge in [0, 0.05) is 18.5 Å². The number of β-amino-alcohol motifs (C(OH)–C–C–N with tert-alkyl or cyclic N) is 1. The number of benzene rings is 1. The van der Waals surface area contributed by atoms with Gasteiger partial charge in [-0.2, -0.15) is 0 Å². The summed E-state index contributed by atoms with van der Waals surface area (Å²) in [4.78, 5) is 14.2. The van der Waals surface area contributed by atoms with Crippen LogP contribution in [0.3, 0.4) is 0 Å². The molecule has 25 heavy (non-hydrogen) atoms. The maximum absolute atomic E-state index is 12.6. The molecule has 1 aromatic heterocycles. The van der Waals surface area contributed by atoms with Gasteiger partial charge in [0.25, 0.3) is 5.91 Å². The first-order valence-electron chi connectivity index (χ1n) is 8.70. The standard InChI is InChI=1S/C19H22N2O4/c1-13-3-2-4-15(9-13)24-12-19(23)7-8-21(11-19)18(22)16-10-17(25-20-16)14-5-6-14/h2-4,9-10,14,23H,5-8,11-12H2,1H3. The molecule has 1 saturated carbocycles. The van der Waals surface area contributed by atoms with Crippen LogP contribution in [-0.2, 0) is 0 Å². The van der Waals surface area contributed by atoms with E-state index in [2.05, 4.69) is 5.16 Å². The number of amides is 1. The van der Waals surface area contributed by atoms with Crippen molar-refractivity contribution in [2.24, 2.45) is 0 Å². The lowest BCUT2D eigenvalue weighted by molar-refractivity contribution is 0.00419. The highest BCUT2D eigenvalue weighted by atomic mass is 16.5. The molecule has 6 heteroatoms. The summed E-state index contributed by atoms with van der Waals surface area (Å²) in [6, 6.07) is 9.44. The van der Waals surface area contributed by atoms with Gasteiger partial charge >= 0.3 is 0 Å². The van der Waals surface area contributed by atoms with Gasteiger partial charge in [0.2, 0.25) is 0 Å². The lowest BCUT2D eigenvalue weighted by atomic mass is 10.1. The summed E-state index contributed by atoms with van der Waals surface area (Å²) in [7, 11) is 0. The van der Waals surface area contributed by atoms with Gasteiger partial charge in [-0.05, 0) is 43.9 Å². The van der Waals surface area contributed by atoms with Crippen LogP contribution >= 0.6 is 0 Å². The predicted octanol–water partition coefficient (Wildman–Crippen LogP) is 2.52. The summed E-state index contributed by atoms with van der Waals surface area (Å²) in [5.41, 5.74) is 0.388. The van der Waals surface area contributed by atoms with E-state index in [1.165, 1.54) is 0 Å². The van der Waals surface area contributed by atoms with Crippen LogP contribution in [0.15, 0.2) is 34.9 Å². The monoisotopic (exact) mass is 342 g/mol. The Labute approximate surface area is 146 Å². The minimum atomic E-state index is -1.04. The Morgan fingerprint density at radius 2 is 2.28 bits per heavy atom. The van der Waals surface area contributed by atoms with Crippen LogP contribution in [0.4, 0.5) is 0 Å². The number of rotatable bonds is 5. The Morgan fingerprint density at radius 3 is 3.04 bits per heavy atom. The Hall–Kier alpha value is -2.34. The molecule has 2 fully saturated rings. The van der Waals surface area contributed by atoms with Gasteiger partial charge in [-0.15, -0.1) is 0 Å². The van der Waals surface area contributed by atoms with Gasteiger partial charge in [0.1, 0.15) is 23.7 Å². The highest BCUT2D eigenvalue weighted by molar-refractivity contribution is 5.92. The fraction of sp³-hybridized carbons (Fsp3) is 0.474. The summed E-state index contributed by atoms with van der Waals surface area (Å²) >= 11 is 0. The third kappa shape index (κ3) is 3.54. The molecule has 1 amide bonds. The summed E-state index contributed by atoms with van der Waals surface area (Å²) in [6.07, 6.45) is 2.68. The van der Waals surface area contributed by atoms with Crippen molar-refractivity contribution in [1.82, 2.24) is 10.1 Å². The van der Waals surface area contributed by atoms with Crippen molar-refractivity contribution in [3.63, 3.8) is 0 Å². The molecule has 6 nitrogen and oxygen atoms in total. The molecule has 1 aliphatic carbocycles. The molecule has 4 rings (SSSR count). The molecule has 2 heterocycles. The first-order chi connectivity index (χ1) is 12.0. The van der Waals surface area contributed by atoms with Crippen molar-refractivity contribution in [2.75, 3.05) is 19.7 Å². The Morgan fingerprint density at radius 1 is 1.44 bits per heavy atom. The fourth-order valence-corrected chi connectivity index (χ4v) is 3.18. The fourth-order valence-electron chi connectivity index (χ4n) is 3.18. The molecule has 1 aliphatic heterocycles. The number of aromatic nitrogens is 1. The second kappa shape index (κ2) is 6.19. The van der Waals surface area contributed by atoms with E-state index < -0.39 is 5.60 Å². The zero-order valence-corrected chi connectivity index (χ0v) is 14.3. The minimum Gasteiger partial charge on any atom is -0.491 e.